The number of nitrogens with one attached hydrogen (secondary N) is 1. The van der Waals surface area contributed by atoms with Gasteiger partial charge in [0.05, 0.1) is 16.8 Å². The number of anilines is 1. The summed E-state index contributed by atoms with van der Waals surface area (Å²) < 4.78 is 0. The van der Waals surface area contributed by atoms with E-state index in [0.717, 1.165) is 11.3 Å². The minimum absolute atomic E-state index is 0.00547. The second-order valence-corrected chi connectivity index (χ2v) is 5.81. The van der Waals surface area contributed by atoms with E-state index < -0.39 is 5.91 Å². The van der Waals surface area contributed by atoms with Crippen LogP contribution in [0.3, 0.4) is 0 Å². The molecule has 0 bridgehead atoms. The number of halogens is 2. The van der Waals surface area contributed by atoms with E-state index >= 15 is 0 Å². The number of hydrazone groups is 1. The molecule has 0 saturated carbocycles. The fraction of sp³-hybridized carbons (Fsp3) is 0.125. The van der Waals surface area contributed by atoms with Gasteiger partial charge in [0.25, 0.3) is 5.91 Å². The molecule has 1 amide bonds. The zero-order valence-electron chi connectivity index (χ0n) is 12.5. The molecule has 0 spiro atoms. The Morgan fingerprint density at radius 2 is 1.87 bits per heavy atom. The average Bonchev–Trinajstić information content (AvgIpc) is 2.51. The Hall–Kier alpha value is -2.24. The highest BCUT2D eigenvalue weighted by Gasteiger charge is 2.14. The molecule has 0 aromatic heterocycles. The number of phenols is 1. The highest BCUT2D eigenvalue weighted by atomic mass is 35.5. The Kier molecular flexibility index (Phi) is 5.47. The van der Waals surface area contributed by atoms with E-state index in [9.17, 15) is 9.90 Å². The third kappa shape index (κ3) is 4.37. The minimum atomic E-state index is -0.604. The van der Waals surface area contributed by atoms with E-state index in [1.807, 2.05) is 43.3 Å². The lowest BCUT2D eigenvalue weighted by Gasteiger charge is -2.11. The highest BCUT2D eigenvalue weighted by molar-refractivity contribution is 6.36. The Morgan fingerprint density at radius 1 is 1.22 bits per heavy atom. The number of nitrogens with zero attached hydrogens (tertiary/aromatic N) is 2. The molecule has 0 radical (unpaired) electrons. The molecule has 2 aromatic carbocycles. The highest BCUT2D eigenvalue weighted by Crippen LogP contribution is 2.30. The van der Waals surface area contributed by atoms with Crippen molar-refractivity contribution in [3.63, 3.8) is 0 Å². The predicted octanol–water partition coefficient (Wildman–Crippen LogP) is 3.53. The number of benzene rings is 2. The van der Waals surface area contributed by atoms with Crippen LogP contribution in [-0.4, -0.2) is 31.3 Å². The Morgan fingerprint density at radius 3 is 2.48 bits per heavy atom. The lowest BCUT2D eigenvalue weighted by molar-refractivity contribution is 0.0952. The molecule has 5 nitrogen and oxygen atoms in total. The molecule has 0 aliphatic heterocycles. The van der Waals surface area contributed by atoms with Crippen LogP contribution in [0.2, 0.25) is 10.0 Å². The number of amides is 1. The summed E-state index contributed by atoms with van der Waals surface area (Å²) in [5.41, 5.74) is 4.17. The summed E-state index contributed by atoms with van der Waals surface area (Å²) in [7, 11) is 3.90. The number of hydrogen-bond donors (Lipinski definition) is 2. The second kappa shape index (κ2) is 7.35. The molecule has 2 N–H and O–H groups in total. The normalized spacial score (nSPS) is 10.8. The topological polar surface area (TPSA) is 64.9 Å². The van der Waals surface area contributed by atoms with Crippen LogP contribution < -0.4 is 10.3 Å². The standard InChI is InChI=1S/C16H15Cl2N3O2/c1-21(2)12-5-3-10(4-6-12)9-19-20-16(23)13-7-11(17)8-14(18)15(13)22/h3-9,22H,1-2H3,(H,20,23)/b19-9+. The van der Waals surface area contributed by atoms with Gasteiger partial charge in [-0.05, 0) is 29.8 Å². The summed E-state index contributed by atoms with van der Waals surface area (Å²) in [6, 6.07) is 10.3. The molecule has 0 heterocycles. The molecular weight excluding hydrogens is 337 g/mol. The molecule has 0 fully saturated rings. The number of rotatable bonds is 4. The average molecular weight is 352 g/mol. The van der Waals surface area contributed by atoms with Gasteiger partial charge in [0, 0.05) is 24.8 Å². The molecule has 0 aliphatic carbocycles. The van der Waals surface area contributed by atoms with Crippen molar-refractivity contribution in [3.05, 3.63) is 57.6 Å². The van der Waals surface area contributed by atoms with E-state index in [4.69, 9.17) is 23.2 Å². The first-order valence-corrected chi connectivity index (χ1v) is 7.43. The van der Waals surface area contributed by atoms with Gasteiger partial charge in [-0.3, -0.25) is 4.79 Å². The third-order valence-corrected chi connectivity index (χ3v) is 3.57. The molecule has 120 valence electrons. The van der Waals surface area contributed by atoms with Gasteiger partial charge in [0.2, 0.25) is 0 Å². The van der Waals surface area contributed by atoms with Gasteiger partial charge in [0.1, 0.15) is 5.75 Å². The molecule has 7 heteroatoms. The van der Waals surface area contributed by atoms with E-state index in [2.05, 4.69) is 10.5 Å². The molecule has 23 heavy (non-hydrogen) atoms. The number of phenolic OH excluding ortho intramolecular Hbond substituents is 1. The van der Waals surface area contributed by atoms with Crippen LogP contribution in [-0.2, 0) is 0 Å². The summed E-state index contributed by atoms with van der Waals surface area (Å²) in [6.45, 7) is 0. The first kappa shape index (κ1) is 17.1. The summed E-state index contributed by atoms with van der Waals surface area (Å²) in [6.07, 6.45) is 1.50. The van der Waals surface area contributed by atoms with E-state index in [1.54, 1.807) is 0 Å². The van der Waals surface area contributed by atoms with Crippen LogP contribution in [0.15, 0.2) is 41.5 Å². The summed E-state index contributed by atoms with van der Waals surface area (Å²) in [5.74, 6) is -0.938. The van der Waals surface area contributed by atoms with E-state index in [-0.39, 0.29) is 21.4 Å². The van der Waals surface area contributed by atoms with Crippen LogP contribution in [0.25, 0.3) is 0 Å². The van der Waals surface area contributed by atoms with Crippen molar-refractivity contribution < 1.29 is 9.90 Å². The number of hydrogen-bond acceptors (Lipinski definition) is 4. The molecule has 0 saturated heterocycles. The fourth-order valence-corrected chi connectivity index (χ4v) is 2.32. The molecular formula is C16H15Cl2N3O2. The van der Waals surface area contributed by atoms with E-state index in [1.165, 1.54) is 18.3 Å². The van der Waals surface area contributed by atoms with Crippen molar-refractivity contribution in [2.45, 2.75) is 0 Å². The number of carbonyl (C=O) groups excluding carboxylic acids is 1. The van der Waals surface area contributed by atoms with Gasteiger partial charge in [-0.2, -0.15) is 5.10 Å². The monoisotopic (exact) mass is 351 g/mol. The zero-order valence-corrected chi connectivity index (χ0v) is 14.1. The quantitative estimate of drug-likeness (QED) is 0.654. The molecule has 2 aromatic rings. The fourth-order valence-electron chi connectivity index (χ4n) is 1.82. The summed E-state index contributed by atoms with van der Waals surface area (Å²) >= 11 is 11.6. The van der Waals surface area contributed by atoms with Crippen LogP contribution in [0, 0.1) is 0 Å². The maximum absolute atomic E-state index is 12.0. The molecule has 0 unspecified atom stereocenters. The van der Waals surface area contributed by atoms with E-state index in [0.29, 0.717) is 0 Å². The minimum Gasteiger partial charge on any atom is -0.506 e. The predicted molar refractivity (Wildman–Crippen MR) is 94.0 cm³/mol. The Labute approximate surface area is 144 Å². The maximum atomic E-state index is 12.0. The zero-order chi connectivity index (χ0) is 17.0. The van der Waals surface area contributed by atoms with Crippen molar-refractivity contribution in [2.75, 3.05) is 19.0 Å². The van der Waals surface area contributed by atoms with Crippen molar-refractivity contribution in [1.82, 2.24) is 5.43 Å². The van der Waals surface area contributed by atoms with Crippen LogP contribution in [0.1, 0.15) is 15.9 Å². The van der Waals surface area contributed by atoms with Gasteiger partial charge < -0.3 is 10.0 Å². The first-order chi connectivity index (χ1) is 10.9. The lowest BCUT2D eigenvalue weighted by atomic mass is 10.2. The van der Waals surface area contributed by atoms with Crippen molar-refractivity contribution in [2.24, 2.45) is 5.10 Å². The van der Waals surface area contributed by atoms with Gasteiger partial charge in [0.15, 0.2) is 0 Å². The maximum Gasteiger partial charge on any atom is 0.275 e. The van der Waals surface area contributed by atoms with Gasteiger partial charge in [-0.1, -0.05) is 35.3 Å². The van der Waals surface area contributed by atoms with Crippen LogP contribution >= 0.6 is 23.2 Å². The SMILES string of the molecule is CN(C)c1ccc(/C=N/NC(=O)c2cc(Cl)cc(Cl)c2O)cc1. The Balaban J connectivity index is 2.07. The largest absolute Gasteiger partial charge is 0.506 e. The number of aromatic hydroxyl groups is 1. The smallest absolute Gasteiger partial charge is 0.275 e. The van der Waals surface area contributed by atoms with Crippen molar-refractivity contribution in [3.8, 4) is 5.75 Å². The number of carbonyl (C=O) groups is 1. The first-order valence-electron chi connectivity index (χ1n) is 6.67. The molecule has 2 rings (SSSR count). The van der Waals surface area contributed by atoms with Crippen LogP contribution in [0.5, 0.6) is 5.75 Å². The Bertz CT molecular complexity index is 744. The van der Waals surface area contributed by atoms with Gasteiger partial charge >= 0.3 is 0 Å². The van der Waals surface area contributed by atoms with Gasteiger partial charge in [-0.15, -0.1) is 0 Å². The summed E-state index contributed by atoms with van der Waals surface area (Å²) in [4.78, 5) is 14.0. The van der Waals surface area contributed by atoms with Crippen molar-refractivity contribution >= 4 is 41.0 Å². The third-order valence-electron chi connectivity index (χ3n) is 3.06. The molecule has 0 aliphatic rings. The molecule has 0 atom stereocenters. The second-order valence-electron chi connectivity index (χ2n) is 4.97. The van der Waals surface area contributed by atoms with Crippen LogP contribution in [0.4, 0.5) is 5.69 Å². The van der Waals surface area contributed by atoms with Gasteiger partial charge in [-0.25, -0.2) is 5.43 Å². The van der Waals surface area contributed by atoms with Crippen molar-refractivity contribution in [1.29, 1.82) is 0 Å². The lowest BCUT2D eigenvalue weighted by Crippen LogP contribution is -2.17. The summed E-state index contributed by atoms with van der Waals surface area (Å²) in [5, 5.41) is 13.9.